The standard InChI is InChI=1S/C24H23NO/c26-23(16-15-19-9-3-1-4-10-19)24-22-14-8-7-11-20(22)17-18-25(24)21-12-5-2-6-13-21/h1-14,24H,15-18H2/t24-/m0/s1. The van der Waals surface area contributed by atoms with Crippen LogP contribution < -0.4 is 4.90 Å². The average Bonchev–Trinajstić information content (AvgIpc) is 2.72. The molecule has 0 fully saturated rings. The maximum absolute atomic E-state index is 13.3. The van der Waals surface area contributed by atoms with E-state index in [4.69, 9.17) is 0 Å². The molecule has 0 N–H and O–H groups in total. The number of nitrogens with zero attached hydrogens (tertiary/aromatic N) is 1. The first-order valence-electron chi connectivity index (χ1n) is 9.29. The minimum absolute atomic E-state index is 0.189. The second-order valence-corrected chi connectivity index (χ2v) is 6.83. The fourth-order valence-corrected chi connectivity index (χ4v) is 3.86. The first-order valence-corrected chi connectivity index (χ1v) is 9.29. The van der Waals surface area contributed by atoms with Crippen molar-refractivity contribution in [2.75, 3.05) is 11.4 Å². The van der Waals surface area contributed by atoms with Crippen LogP contribution in [0.15, 0.2) is 84.9 Å². The average molecular weight is 341 g/mol. The number of aryl methyl sites for hydroxylation is 1. The SMILES string of the molecule is O=C(CCc1ccccc1)[C@@H]1c2ccccc2CCN1c1ccccc1. The molecular formula is C24H23NO. The summed E-state index contributed by atoms with van der Waals surface area (Å²) in [6, 6.07) is 28.8. The molecule has 2 heteroatoms. The Balaban J connectivity index is 1.63. The fraction of sp³-hybridized carbons (Fsp3) is 0.208. The quantitative estimate of drug-likeness (QED) is 0.651. The normalized spacial score (nSPS) is 16.2. The van der Waals surface area contributed by atoms with Gasteiger partial charge in [-0.1, -0.05) is 72.8 Å². The maximum atomic E-state index is 13.3. The molecule has 2 nitrogen and oxygen atoms in total. The number of anilines is 1. The van der Waals surface area contributed by atoms with Crippen molar-refractivity contribution in [3.8, 4) is 0 Å². The van der Waals surface area contributed by atoms with Gasteiger partial charge < -0.3 is 4.90 Å². The molecule has 0 radical (unpaired) electrons. The minimum Gasteiger partial charge on any atom is -0.357 e. The molecule has 0 bridgehead atoms. The molecule has 26 heavy (non-hydrogen) atoms. The highest BCUT2D eigenvalue weighted by Gasteiger charge is 2.32. The van der Waals surface area contributed by atoms with Gasteiger partial charge in [-0.05, 0) is 41.7 Å². The van der Waals surface area contributed by atoms with E-state index in [1.807, 2.05) is 42.5 Å². The van der Waals surface area contributed by atoms with E-state index in [0.717, 1.165) is 25.1 Å². The Morgan fingerprint density at radius 1 is 0.846 bits per heavy atom. The lowest BCUT2D eigenvalue weighted by atomic mass is 9.88. The third-order valence-electron chi connectivity index (χ3n) is 5.18. The first-order chi connectivity index (χ1) is 12.8. The number of ketones is 1. The van der Waals surface area contributed by atoms with Gasteiger partial charge in [-0.15, -0.1) is 0 Å². The zero-order valence-corrected chi connectivity index (χ0v) is 14.8. The van der Waals surface area contributed by atoms with Crippen LogP contribution in [0.1, 0.15) is 29.2 Å². The third kappa shape index (κ3) is 3.41. The number of benzene rings is 3. The third-order valence-corrected chi connectivity index (χ3v) is 5.18. The molecule has 1 atom stereocenters. The molecular weight excluding hydrogens is 318 g/mol. The van der Waals surface area contributed by atoms with E-state index < -0.39 is 0 Å². The molecule has 0 saturated heterocycles. The molecule has 0 aliphatic carbocycles. The molecule has 1 aliphatic rings. The molecule has 130 valence electrons. The molecule has 0 unspecified atom stereocenters. The number of para-hydroxylation sites is 1. The lowest BCUT2D eigenvalue weighted by molar-refractivity contribution is -0.120. The molecule has 0 aromatic heterocycles. The van der Waals surface area contributed by atoms with Crippen molar-refractivity contribution in [2.45, 2.75) is 25.3 Å². The van der Waals surface area contributed by atoms with Crippen LogP contribution in [0.2, 0.25) is 0 Å². The van der Waals surface area contributed by atoms with Crippen molar-refractivity contribution in [3.05, 3.63) is 102 Å². The minimum atomic E-state index is -0.189. The van der Waals surface area contributed by atoms with Gasteiger partial charge in [0.2, 0.25) is 0 Å². The fourth-order valence-electron chi connectivity index (χ4n) is 3.86. The Kier molecular flexibility index (Phi) is 4.83. The Bertz CT molecular complexity index is 873. The molecule has 0 amide bonds. The van der Waals surface area contributed by atoms with Gasteiger partial charge in [0.15, 0.2) is 5.78 Å². The summed E-state index contributed by atoms with van der Waals surface area (Å²) in [4.78, 5) is 15.5. The summed E-state index contributed by atoms with van der Waals surface area (Å²) in [6.07, 6.45) is 2.33. The number of fused-ring (bicyclic) bond motifs is 1. The largest absolute Gasteiger partial charge is 0.357 e. The molecule has 1 aliphatic heterocycles. The van der Waals surface area contributed by atoms with Gasteiger partial charge in [0, 0.05) is 18.7 Å². The summed E-state index contributed by atoms with van der Waals surface area (Å²) in [6.45, 7) is 0.878. The summed E-state index contributed by atoms with van der Waals surface area (Å²) in [5.74, 6) is 0.296. The Labute approximate surface area is 155 Å². The molecule has 3 aromatic carbocycles. The molecule has 0 saturated carbocycles. The predicted octanol–water partition coefficient (Wildman–Crippen LogP) is 4.99. The van der Waals surface area contributed by atoms with Crippen LogP contribution >= 0.6 is 0 Å². The van der Waals surface area contributed by atoms with Gasteiger partial charge in [-0.3, -0.25) is 4.79 Å². The van der Waals surface area contributed by atoms with Crippen molar-refractivity contribution in [1.29, 1.82) is 0 Å². The van der Waals surface area contributed by atoms with Crippen LogP contribution in [0.25, 0.3) is 0 Å². The highest BCUT2D eigenvalue weighted by molar-refractivity contribution is 5.89. The summed E-state index contributed by atoms with van der Waals surface area (Å²) < 4.78 is 0. The van der Waals surface area contributed by atoms with Crippen LogP contribution in [0.5, 0.6) is 0 Å². The van der Waals surface area contributed by atoms with E-state index in [1.165, 1.54) is 16.7 Å². The van der Waals surface area contributed by atoms with Crippen molar-refractivity contribution in [2.24, 2.45) is 0 Å². The lowest BCUT2D eigenvalue weighted by Gasteiger charge is -2.38. The van der Waals surface area contributed by atoms with Gasteiger partial charge >= 0.3 is 0 Å². The van der Waals surface area contributed by atoms with Crippen molar-refractivity contribution in [3.63, 3.8) is 0 Å². The van der Waals surface area contributed by atoms with E-state index in [1.54, 1.807) is 0 Å². The number of carbonyl (C=O) groups excluding carboxylic acids is 1. The monoisotopic (exact) mass is 341 g/mol. The highest BCUT2D eigenvalue weighted by Crippen LogP contribution is 2.35. The molecule has 4 rings (SSSR count). The van der Waals surface area contributed by atoms with Crippen LogP contribution in [-0.2, 0) is 17.6 Å². The Morgan fingerprint density at radius 2 is 1.50 bits per heavy atom. The van der Waals surface area contributed by atoms with E-state index in [9.17, 15) is 4.79 Å². The zero-order valence-electron chi connectivity index (χ0n) is 14.8. The van der Waals surface area contributed by atoms with Crippen LogP contribution in [-0.4, -0.2) is 12.3 Å². The Hall–Kier alpha value is -2.87. The van der Waals surface area contributed by atoms with E-state index >= 15 is 0 Å². The van der Waals surface area contributed by atoms with Gasteiger partial charge in [0.05, 0.1) is 0 Å². The topological polar surface area (TPSA) is 20.3 Å². The summed E-state index contributed by atoms with van der Waals surface area (Å²) in [7, 11) is 0. The van der Waals surface area contributed by atoms with E-state index in [-0.39, 0.29) is 6.04 Å². The first kappa shape index (κ1) is 16.6. The second kappa shape index (κ2) is 7.57. The number of carbonyl (C=O) groups is 1. The van der Waals surface area contributed by atoms with Crippen LogP contribution in [0.4, 0.5) is 5.69 Å². The van der Waals surface area contributed by atoms with Gasteiger partial charge in [-0.25, -0.2) is 0 Å². The summed E-state index contributed by atoms with van der Waals surface area (Å²) >= 11 is 0. The van der Waals surface area contributed by atoms with Gasteiger partial charge in [0.1, 0.15) is 6.04 Å². The van der Waals surface area contributed by atoms with Crippen molar-refractivity contribution < 1.29 is 4.79 Å². The number of Topliss-reactive ketones (excluding diaryl/α,β-unsaturated/α-hetero) is 1. The molecule has 3 aromatic rings. The highest BCUT2D eigenvalue weighted by atomic mass is 16.1. The lowest BCUT2D eigenvalue weighted by Crippen LogP contribution is -2.40. The number of hydrogen-bond donors (Lipinski definition) is 0. The summed E-state index contributed by atoms with van der Waals surface area (Å²) in [5, 5.41) is 0. The maximum Gasteiger partial charge on any atom is 0.160 e. The van der Waals surface area contributed by atoms with Gasteiger partial charge in [-0.2, -0.15) is 0 Å². The van der Waals surface area contributed by atoms with Gasteiger partial charge in [0.25, 0.3) is 0 Å². The summed E-state index contributed by atoms with van der Waals surface area (Å²) in [5.41, 5.74) is 4.81. The van der Waals surface area contributed by atoms with Crippen molar-refractivity contribution >= 4 is 11.5 Å². The smallest absolute Gasteiger partial charge is 0.160 e. The van der Waals surface area contributed by atoms with E-state index in [2.05, 4.69) is 47.4 Å². The zero-order chi connectivity index (χ0) is 17.8. The van der Waals surface area contributed by atoms with Crippen molar-refractivity contribution in [1.82, 2.24) is 0 Å². The second-order valence-electron chi connectivity index (χ2n) is 6.83. The Morgan fingerprint density at radius 3 is 2.27 bits per heavy atom. The van der Waals surface area contributed by atoms with Crippen LogP contribution in [0.3, 0.4) is 0 Å². The van der Waals surface area contributed by atoms with Crippen LogP contribution in [0, 0.1) is 0 Å². The van der Waals surface area contributed by atoms with E-state index in [0.29, 0.717) is 12.2 Å². The molecule has 1 heterocycles. The molecule has 0 spiro atoms. The predicted molar refractivity (Wildman–Crippen MR) is 106 cm³/mol. The number of rotatable bonds is 5. The number of hydrogen-bond acceptors (Lipinski definition) is 2.